The Hall–Kier alpha value is -3.15. The Morgan fingerprint density at radius 3 is 2.46 bits per heavy atom. The number of nitrogens with one attached hydrogen (secondary N) is 3. The van der Waals surface area contributed by atoms with Crippen LogP contribution in [0.4, 0.5) is 5.69 Å². The molecule has 3 atom stereocenters. The van der Waals surface area contributed by atoms with E-state index in [1.165, 1.54) is 0 Å². The minimum Gasteiger partial charge on any atom is -0.350 e. The first-order chi connectivity index (χ1) is 13.4. The van der Waals surface area contributed by atoms with E-state index in [-0.39, 0.29) is 23.6 Å². The molecule has 1 aliphatic rings. The number of carbonyl (C=O) groups is 3. The Morgan fingerprint density at radius 2 is 1.79 bits per heavy atom. The van der Waals surface area contributed by atoms with Gasteiger partial charge in [-0.1, -0.05) is 43.3 Å². The third kappa shape index (κ3) is 5.19. The molecular weight excluding hydrogens is 354 g/mol. The highest BCUT2D eigenvalue weighted by Crippen LogP contribution is 2.38. The molecule has 0 spiro atoms. The molecule has 146 valence electrons. The van der Waals surface area contributed by atoms with Crippen LogP contribution >= 0.6 is 0 Å². The first-order valence-corrected chi connectivity index (χ1v) is 9.47. The quantitative estimate of drug-likeness (QED) is 0.691. The van der Waals surface area contributed by atoms with Gasteiger partial charge in [0.05, 0.1) is 0 Å². The summed E-state index contributed by atoms with van der Waals surface area (Å²) in [6, 6.07) is 15.6. The van der Waals surface area contributed by atoms with Crippen LogP contribution in [0.15, 0.2) is 54.6 Å². The standard InChI is InChI=1S/C22H25N3O3/c1-14-11-19(14)22(28)25-18-10-6-9-17(12-18)21(27)24-15(2)20(26)23-13-16-7-4-3-5-8-16/h3-10,12,14-15,19H,11,13H2,1-2H3,(H,23,26)(H,24,27)(H,25,28). The molecule has 0 aromatic heterocycles. The van der Waals surface area contributed by atoms with Crippen molar-refractivity contribution in [3.05, 3.63) is 65.7 Å². The number of anilines is 1. The van der Waals surface area contributed by atoms with Gasteiger partial charge in [-0.2, -0.15) is 0 Å². The van der Waals surface area contributed by atoms with Gasteiger partial charge in [-0.25, -0.2) is 0 Å². The van der Waals surface area contributed by atoms with Gasteiger partial charge in [-0.3, -0.25) is 14.4 Å². The van der Waals surface area contributed by atoms with Crippen LogP contribution in [-0.2, 0) is 16.1 Å². The lowest BCUT2D eigenvalue weighted by Crippen LogP contribution is -2.44. The molecule has 1 fully saturated rings. The van der Waals surface area contributed by atoms with Crippen LogP contribution in [0.25, 0.3) is 0 Å². The van der Waals surface area contributed by atoms with E-state index in [1.807, 2.05) is 37.3 Å². The van der Waals surface area contributed by atoms with Crippen LogP contribution in [0.3, 0.4) is 0 Å². The lowest BCUT2D eigenvalue weighted by atomic mass is 10.1. The molecule has 0 heterocycles. The summed E-state index contributed by atoms with van der Waals surface area (Å²) in [5, 5.41) is 8.34. The van der Waals surface area contributed by atoms with Crippen LogP contribution in [0.1, 0.15) is 36.2 Å². The Morgan fingerprint density at radius 1 is 1.07 bits per heavy atom. The SMILES string of the molecule is CC(NC(=O)c1cccc(NC(=O)C2CC2C)c1)C(=O)NCc1ccccc1. The minimum atomic E-state index is -0.679. The van der Waals surface area contributed by atoms with Crippen LogP contribution < -0.4 is 16.0 Å². The molecule has 1 saturated carbocycles. The normalized spacial score (nSPS) is 18.6. The Bertz CT molecular complexity index is 866. The van der Waals surface area contributed by atoms with Gasteiger partial charge >= 0.3 is 0 Å². The van der Waals surface area contributed by atoms with E-state index >= 15 is 0 Å². The third-order valence-electron chi connectivity index (χ3n) is 4.89. The summed E-state index contributed by atoms with van der Waals surface area (Å²) in [6.45, 7) is 4.08. The van der Waals surface area contributed by atoms with E-state index in [4.69, 9.17) is 0 Å². The second-order valence-corrected chi connectivity index (χ2v) is 7.29. The number of hydrogen-bond donors (Lipinski definition) is 3. The van der Waals surface area contributed by atoms with Crippen molar-refractivity contribution in [3.8, 4) is 0 Å². The Balaban J connectivity index is 1.52. The molecule has 28 heavy (non-hydrogen) atoms. The van der Waals surface area contributed by atoms with Gasteiger partial charge in [-0.15, -0.1) is 0 Å². The van der Waals surface area contributed by atoms with Gasteiger partial charge in [0.15, 0.2) is 0 Å². The largest absolute Gasteiger partial charge is 0.350 e. The molecular formula is C22H25N3O3. The molecule has 0 saturated heterocycles. The second-order valence-electron chi connectivity index (χ2n) is 7.29. The first kappa shape index (κ1) is 19.6. The van der Waals surface area contributed by atoms with Gasteiger partial charge in [0.1, 0.15) is 6.04 Å². The summed E-state index contributed by atoms with van der Waals surface area (Å²) < 4.78 is 0. The Labute approximate surface area is 164 Å². The van der Waals surface area contributed by atoms with Gasteiger partial charge < -0.3 is 16.0 Å². The van der Waals surface area contributed by atoms with E-state index in [2.05, 4.69) is 16.0 Å². The molecule has 0 bridgehead atoms. The maximum Gasteiger partial charge on any atom is 0.251 e. The van der Waals surface area contributed by atoms with Crippen molar-refractivity contribution in [1.82, 2.24) is 10.6 Å². The molecule has 6 heteroatoms. The predicted octanol–water partition coefficient (Wildman–Crippen LogP) is 2.72. The van der Waals surface area contributed by atoms with E-state index in [1.54, 1.807) is 31.2 Å². The summed E-state index contributed by atoms with van der Waals surface area (Å²) >= 11 is 0. The lowest BCUT2D eigenvalue weighted by Gasteiger charge is -2.15. The average molecular weight is 379 g/mol. The van der Waals surface area contributed by atoms with Crippen molar-refractivity contribution in [3.63, 3.8) is 0 Å². The smallest absolute Gasteiger partial charge is 0.251 e. The van der Waals surface area contributed by atoms with Crippen molar-refractivity contribution in [2.24, 2.45) is 11.8 Å². The maximum atomic E-state index is 12.5. The van der Waals surface area contributed by atoms with Crippen LogP contribution in [0, 0.1) is 11.8 Å². The van der Waals surface area contributed by atoms with Crippen molar-refractivity contribution in [2.75, 3.05) is 5.32 Å². The van der Waals surface area contributed by atoms with Crippen molar-refractivity contribution >= 4 is 23.4 Å². The maximum absolute atomic E-state index is 12.5. The highest BCUT2D eigenvalue weighted by molar-refractivity contribution is 6.00. The summed E-state index contributed by atoms with van der Waals surface area (Å²) in [6.07, 6.45) is 0.904. The number of rotatable bonds is 7. The van der Waals surface area contributed by atoms with E-state index in [0.717, 1.165) is 12.0 Å². The molecule has 6 nitrogen and oxygen atoms in total. The first-order valence-electron chi connectivity index (χ1n) is 9.47. The second kappa shape index (κ2) is 8.69. The molecule has 2 aromatic carbocycles. The number of carbonyl (C=O) groups excluding carboxylic acids is 3. The van der Waals surface area contributed by atoms with E-state index in [0.29, 0.717) is 23.7 Å². The molecule has 0 radical (unpaired) electrons. The number of benzene rings is 2. The molecule has 3 unspecified atom stereocenters. The highest BCUT2D eigenvalue weighted by atomic mass is 16.2. The van der Waals surface area contributed by atoms with Crippen molar-refractivity contribution in [2.45, 2.75) is 32.9 Å². The zero-order valence-electron chi connectivity index (χ0n) is 16.1. The van der Waals surface area contributed by atoms with Gasteiger partial charge in [0.2, 0.25) is 11.8 Å². The fourth-order valence-corrected chi connectivity index (χ4v) is 2.94. The van der Waals surface area contributed by atoms with E-state index < -0.39 is 6.04 Å². The molecule has 3 N–H and O–H groups in total. The summed E-state index contributed by atoms with van der Waals surface area (Å²) in [5.74, 6) is -0.158. The van der Waals surface area contributed by atoms with Gasteiger partial charge in [0.25, 0.3) is 5.91 Å². The zero-order valence-corrected chi connectivity index (χ0v) is 16.1. The molecule has 2 aromatic rings. The van der Waals surface area contributed by atoms with Crippen LogP contribution in [0.2, 0.25) is 0 Å². The summed E-state index contributed by atoms with van der Waals surface area (Å²) in [5.41, 5.74) is 1.96. The topological polar surface area (TPSA) is 87.3 Å². The average Bonchev–Trinajstić information content (AvgIpc) is 3.44. The van der Waals surface area contributed by atoms with Crippen molar-refractivity contribution < 1.29 is 14.4 Å². The molecule has 3 amide bonds. The van der Waals surface area contributed by atoms with Crippen LogP contribution in [0.5, 0.6) is 0 Å². The highest BCUT2D eigenvalue weighted by Gasteiger charge is 2.39. The fraction of sp³-hybridized carbons (Fsp3) is 0.318. The molecule has 0 aliphatic heterocycles. The van der Waals surface area contributed by atoms with Crippen molar-refractivity contribution in [1.29, 1.82) is 0 Å². The van der Waals surface area contributed by atoms with Crippen LogP contribution in [-0.4, -0.2) is 23.8 Å². The fourth-order valence-electron chi connectivity index (χ4n) is 2.94. The summed E-state index contributed by atoms with van der Waals surface area (Å²) in [7, 11) is 0. The Kier molecular flexibility index (Phi) is 6.09. The van der Waals surface area contributed by atoms with E-state index in [9.17, 15) is 14.4 Å². The van der Waals surface area contributed by atoms with Gasteiger partial charge in [0, 0.05) is 23.7 Å². The lowest BCUT2D eigenvalue weighted by molar-refractivity contribution is -0.122. The minimum absolute atomic E-state index is 0.0151. The number of amides is 3. The molecule has 1 aliphatic carbocycles. The third-order valence-corrected chi connectivity index (χ3v) is 4.89. The van der Waals surface area contributed by atoms with Gasteiger partial charge in [-0.05, 0) is 43.0 Å². The summed E-state index contributed by atoms with van der Waals surface area (Å²) in [4.78, 5) is 36.7. The molecule has 3 rings (SSSR count). The predicted molar refractivity (Wildman–Crippen MR) is 108 cm³/mol. The number of hydrogen-bond acceptors (Lipinski definition) is 3. The zero-order chi connectivity index (χ0) is 20.1. The monoisotopic (exact) mass is 379 g/mol.